The average Bonchev–Trinajstić information content (AvgIpc) is 2.92. The van der Waals surface area contributed by atoms with E-state index in [9.17, 15) is 14.7 Å². The average molecular weight is 340 g/mol. The van der Waals surface area contributed by atoms with Crippen molar-refractivity contribution in [2.24, 2.45) is 7.05 Å². The zero-order valence-corrected chi connectivity index (χ0v) is 14.4. The number of aromatic nitrogens is 4. The molecule has 1 N–H and O–H groups in total. The zero-order valence-electron chi connectivity index (χ0n) is 14.4. The Kier molecular flexibility index (Phi) is 4.31. The van der Waals surface area contributed by atoms with Gasteiger partial charge in [0.25, 0.3) is 5.56 Å². The van der Waals surface area contributed by atoms with Gasteiger partial charge in [0, 0.05) is 20.1 Å². The molecule has 7 heteroatoms. The highest BCUT2D eigenvalue weighted by Gasteiger charge is 2.17. The number of aromatic hydroxyl groups is 1. The summed E-state index contributed by atoms with van der Waals surface area (Å²) in [4.78, 5) is 29.6. The van der Waals surface area contributed by atoms with Crippen molar-refractivity contribution in [3.8, 4) is 5.75 Å². The number of phenolic OH excluding ortho intramolecular Hbond substituents is 1. The number of benzene rings is 1. The first-order chi connectivity index (χ1) is 12.0. The molecule has 130 valence electrons. The third kappa shape index (κ3) is 2.77. The van der Waals surface area contributed by atoms with Crippen molar-refractivity contribution >= 4 is 23.3 Å². The van der Waals surface area contributed by atoms with Crippen molar-refractivity contribution in [1.29, 1.82) is 0 Å². The minimum absolute atomic E-state index is 0.201. The van der Waals surface area contributed by atoms with Gasteiger partial charge in [0.15, 0.2) is 11.2 Å². The molecule has 25 heavy (non-hydrogen) atoms. The molecule has 0 unspecified atom stereocenters. The molecule has 7 nitrogen and oxygen atoms in total. The van der Waals surface area contributed by atoms with Crippen LogP contribution in [0.15, 0.2) is 33.9 Å². The molecule has 0 saturated heterocycles. The Morgan fingerprint density at radius 3 is 2.28 bits per heavy atom. The number of rotatable bonds is 4. The normalized spacial score (nSPS) is 11.6. The molecular formula is C18H20N4O3. The number of fused-ring (bicyclic) bond motifs is 1. The van der Waals surface area contributed by atoms with Gasteiger partial charge in [-0.15, -0.1) is 0 Å². The summed E-state index contributed by atoms with van der Waals surface area (Å²) in [5, 5.41) is 9.33. The summed E-state index contributed by atoms with van der Waals surface area (Å²) in [6, 6.07) is 6.76. The van der Waals surface area contributed by atoms with E-state index in [2.05, 4.69) is 4.98 Å². The van der Waals surface area contributed by atoms with E-state index in [-0.39, 0.29) is 17.0 Å². The van der Waals surface area contributed by atoms with Crippen LogP contribution < -0.4 is 11.2 Å². The van der Waals surface area contributed by atoms with Crippen LogP contribution in [0.2, 0.25) is 0 Å². The lowest BCUT2D eigenvalue weighted by Gasteiger charge is -2.08. The highest BCUT2D eigenvalue weighted by Crippen LogP contribution is 2.15. The molecule has 0 aliphatic heterocycles. The fraction of sp³-hybridized carbons (Fsp3) is 0.278. The van der Waals surface area contributed by atoms with Crippen LogP contribution in [0.25, 0.3) is 23.3 Å². The van der Waals surface area contributed by atoms with Gasteiger partial charge < -0.3 is 9.67 Å². The molecule has 1 aromatic carbocycles. The van der Waals surface area contributed by atoms with E-state index in [1.807, 2.05) is 13.0 Å². The van der Waals surface area contributed by atoms with Gasteiger partial charge >= 0.3 is 5.69 Å². The Labute approximate surface area is 144 Å². The van der Waals surface area contributed by atoms with Gasteiger partial charge in [-0.1, -0.05) is 18.2 Å². The van der Waals surface area contributed by atoms with E-state index in [4.69, 9.17) is 0 Å². The molecule has 0 atom stereocenters. The summed E-state index contributed by atoms with van der Waals surface area (Å²) in [7, 11) is 1.76. The van der Waals surface area contributed by atoms with Gasteiger partial charge in [0.05, 0.1) is 0 Å². The Morgan fingerprint density at radius 2 is 1.68 bits per heavy atom. The second kappa shape index (κ2) is 6.43. The SMILES string of the molecule is CCn1c(=O)c2c(nc(C=Cc3ccc(O)cc3)n2C)n(CC)c1=O. The van der Waals surface area contributed by atoms with Gasteiger partial charge in [0.1, 0.15) is 11.6 Å². The fourth-order valence-electron chi connectivity index (χ4n) is 2.85. The fourth-order valence-corrected chi connectivity index (χ4v) is 2.85. The third-order valence-electron chi connectivity index (χ3n) is 4.23. The molecule has 2 aromatic heterocycles. The molecular weight excluding hydrogens is 320 g/mol. The predicted octanol–water partition coefficient (Wildman–Crippen LogP) is 1.81. The van der Waals surface area contributed by atoms with Gasteiger partial charge in [-0.3, -0.25) is 13.9 Å². The number of nitrogens with zero attached hydrogens (tertiary/aromatic N) is 4. The third-order valence-corrected chi connectivity index (χ3v) is 4.23. The number of aryl methyl sites for hydroxylation is 2. The van der Waals surface area contributed by atoms with Crippen LogP contribution in [0.3, 0.4) is 0 Å². The Hall–Kier alpha value is -3.09. The molecule has 0 aliphatic carbocycles. The number of phenols is 1. The van der Waals surface area contributed by atoms with Crippen LogP contribution in [0.1, 0.15) is 25.2 Å². The second-order valence-electron chi connectivity index (χ2n) is 5.70. The van der Waals surface area contributed by atoms with E-state index in [0.29, 0.717) is 30.1 Å². The van der Waals surface area contributed by atoms with Crippen molar-refractivity contribution in [3.05, 3.63) is 56.5 Å². The van der Waals surface area contributed by atoms with Crippen molar-refractivity contribution in [1.82, 2.24) is 18.7 Å². The summed E-state index contributed by atoms with van der Waals surface area (Å²) in [5.74, 6) is 0.780. The van der Waals surface area contributed by atoms with Crippen LogP contribution in [0.5, 0.6) is 5.75 Å². The van der Waals surface area contributed by atoms with Crippen molar-refractivity contribution in [2.45, 2.75) is 26.9 Å². The van der Waals surface area contributed by atoms with E-state index in [1.54, 1.807) is 48.9 Å². The van der Waals surface area contributed by atoms with Gasteiger partial charge in [-0.05, 0) is 37.6 Å². The summed E-state index contributed by atoms with van der Waals surface area (Å²) in [5.41, 5.74) is 1.04. The molecule has 0 bridgehead atoms. The Morgan fingerprint density at radius 1 is 1.04 bits per heavy atom. The molecule has 0 saturated carbocycles. The minimum atomic E-state index is -0.338. The standard InChI is InChI=1S/C18H20N4O3/c1-4-21-16-15(17(24)22(5-2)18(21)25)20(3)14(19-16)11-8-12-6-9-13(23)10-7-12/h6-11,23H,4-5H2,1-3H3. The number of hydrogen-bond donors (Lipinski definition) is 1. The lowest BCUT2D eigenvalue weighted by molar-refractivity contribution is 0.475. The molecule has 0 spiro atoms. The molecule has 3 aromatic rings. The number of hydrogen-bond acceptors (Lipinski definition) is 4. The first-order valence-corrected chi connectivity index (χ1v) is 8.15. The van der Waals surface area contributed by atoms with E-state index in [0.717, 1.165) is 5.56 Å². The molecule has 0 aliphatic rings. The maximum Gasteiger partial charge on any atom is 0.332 e. The van der Waals surface area contributed by atoms with E-state index < -0.39 is 0 Å². The summed E-state index contributed by atoms with van der Waals surface area (Å²) in [6.45, 7) is 4.38. The summed E-state index contributed by atoms with van der Waals surface area (Å²) >= 11 is 0. The van der Waals surface area contributed by atoms with Crippen LogP contribution >= 0.6 is 0 Å². The predicted molar refractivity (Wildman–Crippen MR) is 97.6 cm³/mol. The first kappa shape index (κ1) is 16.8. The monoisotopic (exact) mass is 340 g/mol. The van der Waals surface area contributed by atoms with Crippen LogP contribution in [-0.4, -0.2) is 23.8 Å². The summed E-state index contributed by atoms with van der Waals surface area (Å²) in [6.07, 6.45) is 3.62. The maximum absolute atomic E-state index is 12.6. The topological polar surface area (TPSA) is 82.1 Å². The lowest BCUT2D eigenvalue weighted by atomic mass is 10.2. The highest BCUT2D eigenvalue weighted by atomic mass is 16.3. The first-order valence-electron chi connectivity index (χ1n) is 8.15. The molecule has 2 heterocycles. The largest absolute Gasteiger partial charge is 0.508 e. The summed E-state index contributed by atoms with van der Waals surface area (Å²) < 4.78 is 4.44. The second-order valence-corrected chi connectivity index (χ2v) is 5.70. The van der Waals surface area contributed by atoms with Crippen molar-refractivity contribution in [3.63, 3.8) is 0 Å². The van der Waals surface area contributed by atoms with Gasteiger partial charge in [-0.25, -0.2) is 9.78 Å². The molecule has 0 radical (unpaired) electrons. The van der Waals surface area contributed by atoms with E-state index in [1.165, 1.54) is 9.13 Å². The Balaban J connectivity index is 2.20. The number of imidazole rings is 1. The molecule has 3 rings (SSSR count). The van der Waals surface area contributed by atoms with Crippen molar-refractivity contribution in [2.75, 3.05) is 0 Å². The quantitative estimate of drug-likeness (QED) is 0.785. The minimum Gasteiger partial charge on any atom is -0.508 e. The zero-order chi connectivity index (χ0) is 18.1. The molecule has 0 amide bonds. The van der Waals surface area contributed by atoms with Crippen molar-refractivity contribution < 1.29 is 5.11 Å². The van der Waals surface area contributed by atoms with Gasteiger partial charge in [-0.2, -0.15) is 0 Å². The smallest absolute Gasteiger partial charge is 0.332 e. The Bertz CT molecular complexity index is 1070. The van der Waals surface area contributed by atoms with E-state index >= 15 is 0 Å². The van der Waals surface area contributed by atoms with Crippen LogP contribution in [0, 0.1) is 0 Å². The van der Waals surface area contributed by atoms with Crippen LogP contribution in [0.4, 0.5) is 0 Å². The lowest BCUT2D eigenvalue weighted by Crippen LogP contribution is -2.39. The van der Waals surface area contributed by atoms with Gasteiger partial charge in [0.2, 0.25) is 0 Å². The van der Waals surface area contributed by atoms with Crippen LogP contribution in [-0.2, 0) is 20.1 Å². The molecule has 0 fully saturated rings. The highest BCUT2D eigenvalue weighted by molar-refractivity contribution is 5.76. The maximum atomic E-state index is 12.6.